The average Bonchev–Trinajstić information content (AvgIpc) is 3.10. The second-order valence-electron chi connectivity index (χ2n) is 6.69. The molecular weight excluding hydrogens is 338 g/mol. The van der Waals surface area contributed by atoms with Gasteiger partial charge in [0.2, 0.25) is 0 Å². The lowest BCUT2D eigenvalue weighted by Crippen LogP contribution is -2.36. The van der Waals surface area contributed by atoms with Crippen LogP contribution in [0.1, 0.15) is 12.7 Å². The molecule has 0 unspecified atom stereocenters. The molecule has 6 nitrogen and oxygen atoms in total. The molecule has 0 atom stereocenters. The predicted molar refractivity (Wildman–Crippen MR) is 107 cm³/mol. The summed E-state index contributed by atoms with van der Waals surface area (Å²) in [5, 5.41) is 0. The van der Waals surface area contributed by atoms with Crippen LogP contribution < -0.4 is 4.90 Å². The highest BCUT2D eigenvalue weighted by atomic mass is 16.5. The molecule has 0 N–H and O–H groups in total. The Balaban J connectivity index is 1.61. The van der Waals surface area contributed by atoms with Gasteiger partial charge in [0.15, 0.2) is 11.3 Å². The van der Waals surface area contributed by atoms with Gasteiger partial charge < -0.3 is 9.64 Å². The largest absolute Gasteiger partial charge is 0.378 e. The van der Waals surface area contributed by atoms with Crippen molar-refractivity contribution in [2.75, 3.05) is 31.2 Å². The van der Waals surface area contributed by atoms with Crippen LogP contribution >= 0.6 is 0 Å². The maximum Gasteiger partial charge on any atom is 0.198 e. The summed E-state index contributed by atoms with van der Waals surface area (Å²) in [4.78, 5) is 16.6. The molecule has 2 aromatic heterocycles. The summed E-state index contributed by atoms with van der Waals surface area (Å²) in [6.45, 7) is 5.56. The zero-order chi connectivity index (χ0) is 18.2. The van der Waals surface area contributed by atoms with Gasteiger partial charge in [-0.2, -0.15) is 0 Å². The maximum absolute atomic E-state index is 5.45. The summed E-state index contributed by atoms with van der Waals surface area (Å²) >= 11 is 0. The SMILES string of the molecule is CCc1nc2nc3ccccc3nc2n1-c1ccc(N2CCOCC2)cc1. The van der Waals surface area contributed by atoms with Crippen molar-refractivity contribution < 1.29 is 4.74 Å². The fourth-order valence-electron chi connectivity index (χ4n) is 3.64. The first-order valence-corrected chi connectivity index (χ1v) is 9.41. The molecule has 1 aliphatic rings. The monoisotopic (exact) mass is 359 g/mol. The van der Waals surface area contributed by atoms with Crippen molar-refractivity contribution in [3.05, 3.63) is 54.4 Å². The van der Waals surface area contributed by atoms with Crippen LogP contribution in [0, 0.1) is 0 Å². The summed E-state index contributed by atoms with van der Waals surface area (Å²) in [5.41, 5.74) is 5.56. The van der Waals surface area contributed by atoms with E-state index in [0.29, 0.717) is 5.65 Å². The van der Waals surface area contributed by atoms with Crippen LogP contribution in [-0.4, -0.2) is 45.8 Å². The number of aromatic nitrogens is 4. The molecule has 27 heavy (non-hydrogen) atoms. The molecule has 6 heteroatoms. The third-order valence-corrected chi connectivity index (χ3v) is 5.04. The number of aryl methyl sites for hydroxylation is 1. The minimum atomic E-state index is 0.697. The molecule has 1 fully saturated rings. The van der Waals surface area contributed by atoms with Crippen LogP contribution in [0.5, 0.6) is 0 Å². The van der Waals surface area contributed by atoms with Crippen LogP contribution in [0.25, 0.3) is 28.0 Å². The molecule has 0 aliphatic carbocycles. The topological polar surface area (TPSA) is 56.1 Å². The fourth-order valence-corrected chi connectivity index (χ4v) is 3.64. The van der Waals surface area contributed by atoms with E-state index in [-0.39, 0.29) is 0 Å². The normalized spacial score (nSPS) is 14.9. The molecule has 3 heterocycles. The lowest BCUT2D eigenvalue weighted by Gasteiger charge is -2.29. The zero-order valence-electron chi connectivity index (χ0n) is 15.3. The van der Waals surface area contributed by atoms with Crippen molar-refractivity contribution in [3.8, 4) is 5.69 Å². The van der Waals surface area contributed by atoms with E-state index >= 15 is 0 Å². The molecule has 136 valence electrons. The third-order valence-electron chi connectivity index (χ3n) is 5.04. The Morgan fingerprint density at radius 1 is 0.852 bits per heavy atom. The Hall–Kier alpha value is -2.99. The first-order valence-electron chi connectivity index (χ1n) is 9.41. The van der Waals surface area contributed by atoms with Crippen molar-refractivity contribution in [3.63, 3.8) is 0 Å². The van der Waals surface area contributed by atoms with Crippen LogP contribution in [0.4, 0.5) is 5.69 Å². The van der Waals surface area contributed by atoms with E-state index in [4.69, 9.17) is 19.7 Å². The summed E-state index contributed by atoms with van der Waals surface area (Å²) in [5.74, 6) is 0.972. The Bertz CT molecular complexity index is 1100. The number of fused-ring (bicyclic) bond motifs is 2. The molecule has 0 saturated carbocycles. The first-order chi connectivity index (χ1) is 13.3. The molecule has 4 aromatic rings. The van der Waals surface area contributed by atoms with Gasteiger partial charge in [-0.3, -0.25) is 4.57 Å². The minimum Gasteiger partial charge on any atom is -0.378 e. The lowest BCUT2D eigenvalue weighted by molar-refractivity contribution is 0.122. The quantitative estimate of drug-likeness (QED) is 0.561. The zero-order valence-corrected chi connectivity index (χ0v) is 15.3. The van der Waals surface area contributed by atoms with Gasteiger partial charge in [0.25, 0.3) is 0 Å². The first kappa shape index (κ1) is 16.2. The number of hydrogen-bond donors (Lipinski definition) is 0. The highest BCUT2D eigenvalue weighted by Crippen LogP contribution is 2.24. The van der Waals surface area contributed by atoms with E-state index in [9.17, 15) is 0 Å². The molecular formula is C21H21N5O. The van der Waals surface area contributed by atoms with Crippen LogP contribution in [0.3, 0.4) is 0 Å². The summed E-state index contributed by atoms with van der Waals surface area (Å²) in [6, 6.07) is 16.5. The van der Waals surface area contributed by atoms with Gasteiger partial charge in [-0.15, -0.1) is 0 Å². The number of ether oxygens (including phenoxy) is 1. The molecule has 0 radical (unpaired) electrons. The summed E-state index contributed by atoms with van der Waals surface area (Å²) in [6.07, 6.45) is 0.819. The fraction of sp³-hybridized carbons (Fsp3) is 0.286. The van der Waals surface area contributed by atoms with Gasteiger partial charge in [-0.05, 0) is 36.4 Å². The van der Waals surface area contributed by atoms with E-state index in [1.54, 1.807) is 0 Å². The number of para-hydroxylation sites is 2. The Labute approximate surface area is 157 Å². The second-order valence-corrected chi connectivity index (χ2v) is 6.69. The Kier molecular flexibility index (Phi) is 3.98. The highest BCUT2D eigenvalue weighted by Gasteiger charge is 2.16. The van der Waals surface area contributed by atoms with E-state index in [2.05, 4.69) is 40.7 Å². The molecule has 1 saturated heterocycles. The van der Waals surface area contributed by atoms with Gasteiger partial charge in [-0.25, -0.2) is 15.0 Å². The predicted octanol–water partition coefficient (Wildman–Crippen LogP) is 3.37. The van der Waals surface area contributed by atoms with Gasteiger partial charge in [0.05, 0.1) is 24.2 Å². The van der Waals surface area contributed by atoms with Crippen LogP contribution in [0.2, 0.25) is 0 Å². The van der Waals surface area contributed by atoms with E-state index in [1.807, 2.05) is 24.3 Å². The van der Waals surface area contributed by atoms with Crippen molar-refractivity contribution in [2.24, 2.45) is 0 Å². The third kappa shape index (κ3) is 2.82. The smallest absolute Gasteiger partial charge is 0.198 e. The molecule has 0 spiro atoms. The molecule has 0 bridgehead atoms. The molecule has 5 rings (SSSR count). The number of hydrogen-bond acceptors (Lipinski definition) is 5. The second kappa shape index (κ2) is 6.63. The average molecular weight is 359 g/mol. The number of morpholine rings is 1. The van der Waals surface area contributed by atoms with Crippen molar-refractivity contribution >= 4 is 28.0 Å². The van der Waals surface area contributed by atoms with E-state index in [0.717, 1.165) is 60.9 Å². The standard InChI is InChI=1S/C21H21N5O/c1-2-19-24-20-21(23-18-6-4-3-5-17(18)22-20)26(19)16-9-7-15(8-10-16)25-11-13-27-14-12-25/h3-10H,2,11-14H2,1H3. The summed E-state index contributed by atoms with van der Waals surface area (Å²) < 4.78 is 7.57. The van der Waals surface area contributed by atoms with Crippen LogP contribution in [0.15, 0.2) is 48.5 Å². The maximum atomic E-state index is 5.45. The highest BCUT2D eigenvalue weighted by molar-refractivity contribution is 5.84. The lowest BCUT2D eigenvalue weighted by atomic mass is 10.2. The Morgan fingerprint density at radius 2 is 1.52 bits per heavy atom. The number of nitrogens with zero attached hydrogens (tertiary/aromatic N) is 5. The number of benzene rings is 2. The van der Waals surface area contributed by atoms with Gasteiger partial charge in [0, 0.05) is 30.9 Å². The number of rotatable bonds is 3. The van der Waals surface area contributed by atoms with Crippen LogP contribution in [-0.2, 0) is 11.2 Å². The summed E-state index contributed by atoms with van der Waals surface area (Å²) in [7, 11) is 0. The van der Waals surface area contributed by atoms with E-state index < -0.39 is 0 Å². The number of imidazole rings is 1. The molecule has 1 aliphatic heterocycles. The Morgan fingerprint density at radius 3 is 2.22 bits per heavy atom. The number of anilines is 1. The van der Waals surface area contributed by atoms with Crippen molar-refractivity contribution in [1.29, 1.82) is 0 Å². The van der Waals surface area contributed by atoms with E-state index in [1.165, 1.54) is 5.69 Å². The van der Waals surface area contributed by atoms with Crippen molar-refractivity contribution in [1.82, 2.24) is 19.5 Å². The van der Waals surface area contributed by atoms with Gasteiger partial charge >= 0.3 is 0 Å². The minimum absolute atomic E-state index is 0.697. The molecule has 0 amide bonds. The van der Waals surface area contributed by atoms with Crippen molar-refractivity contribution in [2.45, 2.75) is 13.3 Å². The molecule has 2 aromatic carbocycles. The van der Waals surface area contributed by atoms with Gasteiger partial charge in [0.1, 0.15) is 5.82 Å². The van der Waals surface area contributed by atoms with Gasteiger partial charge in [-0.1, -0.05) is 19.1 Å².